The molecule has 7 nitrogen and oxygen atoms in total. The maximum Gasteiger partial charge on any atom is 0.250 e. The van der Waals surface area contributed by atoms with Crippen LogP contribution in [0.2, 0.25) is 0 Å². The fraction of sp³-hybridized carbons (Fsp3) is 0.625. The second-order valence-electron chi connectivity index (χ2n) is 3.52. The van der Waals surface area contributed by atoms with Crippen molar-refractivity contribution in [1.82, 2.24) is 15.0 Å². The molecule has 0 unspecified atom stereocenters. The molecule has 0 saturated carbocycles. The second-order valence-corrected chi connectivity index (χ2v) is 5.81. The number of nitrogens with two attached hydrogens (primary N) is 1. The number of halogens is 3. The van der Waals surface area contributed by atoms with Crippen LogP contribution in [0.25, 0.3) is 0 Å². The first kappa shape index (κ1) is 13.8. The maximum atomic E-state index is 5.76. The Morgan fingerprint density at radius 1 is 1.17 bits per heavy atom. The highest BCUT2D eigenvalue weighted by molar-refractivity contribution is 6.66. The van der Waals surface area contributed by atoms with E-state index >= 15 is 0 Å². The molecule has 1 aliphatic rings. The van der Waals surface area contributed by atoms with Crippen LogP contribution in [0, 0.1) is 0 Å². The Morgan fingerprint density at radius 3 is 2.39 bits per heavy atom. The molecule has 0 radical (unpaired) electrons. The van der Waals surface area contributed by atoms with Crippen LogP contribution in [-0.4, -0.2) is 41.3 Å². The highest BCUT2D eigenvalue weighted by Crippen LogP contribution is 2.36. The summed E-state index contributed by atoms with van der Waals surface area (Å²) in [6, 6.07) is 0. The van der Waals surface area contributed by atoms with E-state index in [0.29, 0.717) is 32.3 Å². The first-order valence-electron chi connectivity index (χ1n) is 5.13. The molecule has 1 saturated heterocycles. The van der Waals surface area contributed by atoms with Crippen LogP contribution < -0.4 is 16.2 Å². The number of nitrogen functional groups attached to an aromatic ring is 1. The van der Waals surface area contributed by atoms with Crippen LogP contribution in [0.1, 0.15) is 5.82 Å². The Balaban J connectivity index is 2.34. The Kier molecular flexibility index (Phi) is 4.29. The van der Waals surface area contributed by atoms with Crippen LogP contribution in [0.5, 0.6) is 0 Å². The Bertz CT molecular complexity index is 420. The van der Waals surface area contributed by atoms with E-state index in [1.807, 2.05) is 4.90 Å². The summed E-state index contributed by atoms with van der Waals surface area (Å²) in [5.41, 5.74) is 2.32. The summed E-state index contributed by atoms with van der Waals surface area (Å²) in [5, 5.41) is 0. The number of rotatable bonds is 2. The third-order valence-corrected chi connectivity index (χ3v) is 2.81. The molecule has 0 amide bonds. The Labute approximate surface area is 119 Å². The summed E-state index contributed by atoms with van der Waals surface area (Å²) in [4.78, 5) is 14.1. The minimum atomic E-state index is -1.73. The average molecular weight is 314 g/mol. The molecule has 2 rings (SSSR count). The number of ether oxygens (including phenoxy) is 1. The van der Waals surface area contributed by atoms with Gasteiger partial charge in [0.25, 0.3) is 0 Å². The predicted molar refractivity (Wildman–Crippen MR) is 69.9 cm³/mol. The molecule has 10 heteroatoms. The maximum absolute atomic E-state index is 5.76. The minimum absolute atomic E-state index is 0.0249. The molecule has 3 N–H and O–H groups in total. The molecule has 2 heterocycles. The third-order valence-electron chi connectivity index (χ3n) is 2.30. The normalized spacial score (nSPS) is 16.8. The van der Waals surface area contributed by atoms with Gasteiger partial charge in [-0.3, -0.25) is 5.43 Å². The molecule has 0 aromatic carbocycles. The number of morpholine rings is 1. The van der Waals surface area contributed by atoms with Gasteiger partial charge < -0.3 is 9.64 Å². The lowest BCUT2D eigenvalue weighted by molar-refractivity contribution is 0.122. The summed E-state index contributed by atoms with van der Waals surface area (Å²) in [6.45, 7) is 2.51. The first-order chi connectivity index (χ1) is 8.50. The first-order valence-corrected chi connectivity index (χ1v) is 6.26. The van der Waals surface area contributed by atoms with Crippen molar-refractivity contribution in [3.8, 4) is 0 Å². The van der Waals surface area contributed by atoms with E-state index in [9.17, 15) is 0 Å². The average Bonchev–Trinajstić information content (AvgIpc) is 2.38. The molecule has 1 fully saturated rings. The summed E-state index contributed by atoms with van der Waals surface area (Å²) in [7, 11) is 0. The smallest absolute Gasteiger partial charge is 0.250 e. The number of hydrazine groups is 1. The van der Waals surface area contributed by atoms with Crippen molar-refractivity contribution in [2.45, 2.75) is 3.79 Å². The van der Waals surface area contributed by atoms with Gasteiger partial charge in [0, 0.05) is 13.1 Å². The van der Waals surface area contributed by atoms with E-state index in [4.69, 9.17) is 45.4 Å². The number of alkyl halides is 3. The number of nitrogens with zero attached hydrogens (tertiary/aromatic N) is 4. The SMILES string of the molecule is NNc1nc(N2CCOCC2)nc(C(Cl)(Cl)Cl)n1. The topological polar surface area (TPSA) is 89.2 Å². The molecular weight excluding hydrogens is 302 g/mol. The van der Waals surface area contributed by atoms with E-state index in [0.717, 1.165) is 0 Å². The van der Waals surface area contributed by atoms with Gasteiger partial charge in [0.05, 0.1) is 13.2 Å². The molecule has 1 aromatic rings. The molecular formula is C8H11Cl3N6O. The van der Waals surface area contributed by atoms with E-state index in [1.165, 1.54) is 0 Å². The summed E-state index contributed by atoms with van der Waals surface area (Å²) in [6.07, 6.45) is 0. The van der Waals surface area contributed by atoms with Gasteiger partial charge in [-0.2, -0.15) is 15.0 Å². The summed E-state index contributed by atoms with van der Waals surface area (Å²) < 4.78 is 3.52. The van der Waals surface area contributed by atoms with Crippen molar-refractivity contribution < 1.29 is 4.74 Å². The standard InChI is InChI=1S/C8H11Cl3N6O/c9-8(10,11)5-13-6(16-12)15-7(14-5)17-1-3-18-4-2-17/h1-4,12H2,(H,13,14,15,16). The lowest BCUT2D eigenvalue weighted by Gasteiger charge is -2.27. The van der Waals surface area contributed by atoms with Gasteiger partial charge in [-0.15, -0.1) is 0 Å². The summed E-state index contributed by atoms with van der Waals surface area (Å²) in [5.74, 6) is 5.86. The van der Waals surface area contributed by atoms with Crippen molar-refractivity contribution in [2.24, 2.45) is 5.84 Å². The number of hydrogen-bond donors (Lipinski definition) is 2. The van der Waals surface area contributed by atoms with Crippen molar-refractivity contribution in [3.05, 3.63) is 5.82 Å². The molecule has 0 atom stereocenters. The molecule has 0 aliphatic carbocycles. The Hall–Kier alpha value is -0.600. The lowest BCUT2D eigenvalue weighted by Crippen LogP contribution is -2.38. The number of nitrogens with one attached hydrogen (secondary N) is 1. The fourth-order valence-electron chi connectivity index (χ4n) is 1.46. The molecule has 1 aromatic heterocycles. The van der Waals surface area contributed by atoms with Gasteiger partial charge in [0.15, 0.2) is 5.82 Å². The van der Waals surface area contributed by atoms with Crippen molar-refractivity contribution >= 4 is 46.7 Å². The zero-order valence-electron chi connectivity index (χ0n) is 9.24. The number of hydrogen-bond acceptors (Lipinski definition) is 7. The highest BCUT2D eigenvalue weighted by atomic mass is 35.6. The van der Waals surface area contributed by atoms with Gasteiger partial charge in [-0.05, 0) is 0 Å². The number of anilines is 2. The fourth-order valence-corrected chi connectivity index (χ4v) is 1.71. The Morgan fingerprint density at radius 2 is 1.83 bits per heavy atom. The van der Waals surface area contributed by atoms with Crippen molar-refractivity contribution in [3.63, 3.8) is 0 Å². The largest absolute Gasteiger partial charge is 0.378 e. The number of aromatic nitrogens is 3. The van der Waals surface area contributed by atoms with Gasteiger partial charge in [-0.25, -0.2) is 5.84 Å². The van der Waals surface area contributed by atoms with Crippen LogP contribution in [0.15, 0.2) is 0 Å². The third kappa shape index (κ3) is 3.24. The van der Waals surface area contributed by atoms with E-state index in [1.54, 1.807) is 0 Å². The van der Waals surface area contributed by atoms with E-state index in [-0.39, 0.29) is 11.8 Å². The minimum Gasteiger partial charge on any atom is -0.378 e. The summed E-state index contributed by atoms with van der Waals surface area (Å²) >= 11 is 17.3. The van der Waals surface area contributed by atoms with Crippen LogP contribution in [-0.2, 0) is 8.53 Å². The molecule has 1 aliphatic heterocycles. The molecule has 0 spiro atoms. The van der Waals surface area contributed by atoms with Crippen LogP contribution in [0.4, 0.5) is 11.9 Å². The zero-order valence-corrected chi connectivity index (χ0v) is 11.5. The van der Waals surface area contributed by atoms with Gasteiger partial charge in [-0.1, -0.05) is 34.8 Å². The predicted octanol–water partition coefficient (Wildman–Crippen LogP) is 0.821. The van der Waals surface area contributed by atoms with Gasteiger partial charge in [0.2, 0.25) is 15.7 Å². The monoisotopic (exact) mass is 312 g/mol. The highest BCUT2D eigenvalue weighted by Gasteiger charge is 2.29. The quantitative estimate of drug-likeness (QED) is 0.474. The molecule has 100 valence electrons. The van der Waals surface area contributed by atoms with Crippen LogP contribution in [0.3, 0.4) is 0 Å². The van der Waals surface area contributed by atoms with Gasteiger partial charge >= 0.3 is 0 Å². The zero-order chi connectivity index (χ0) is 13.2. The van der Waals surface area contributed by atoms with Crippen LogP contribution >= 0.6 is 34.8 Å². The second kappa shape index (κ2) is 5.58. The molecule has 0 bridgehead atoms. The van der Waals surface area contributed by atoms with E-state index in [2.05, 4.69) is 20.4 Å². The molecule has 18 heavy (non-hydrogen) atoms. The van der Waals surface area contributed by atoms with Crippen molar-refractivity contribution in [2.75, 3.05) is 36.6 Å². The van der Waals surface area contributed by atoms with Gasteiger partial charge in [0.1, 0.15) is 0 Å². The van der Waals surface area contributed by atoms with E-state index < -0.39 is 3.79 Å². The lowest BCUT2D eigenvalue weighted by atomic mass is 10.4. The van der Waals surface area contributed by atoms with Crippen molar-refractivity contribution in [1.29, 1.82) is 0 Å².